The quantitative estimate of drug-likeness (QED) is 0.232. The molecule has 0 fully saturated rings. The maximum absolute atomic E-state index is 11.5. The second-order valence-electron chi connectivity index (χ2n) is 12.8. The summed E-state index contributed by atoms with van der Waals surface area (Å²) in [5, 5.41) is 21.1. The van der Waals surface area contributed by atoms with E-state index in [2.05, 4.69) is 51.3 Å². The number of benzene rings is 2. The van der Waals surface area contributed by atoms with Crippen molar-refractivity contribution in [2.24, 2.45) is 0 Å². The molecule has 0 unspecified atom stereocenters. The lowest BCUT2D eigenvalue weighted by atomic mass is 9.84. The van der Waals surface area contributed by atoms with Crippen LogP contribution in [0.4, 0.5) is 0 Å². The highest BCUT2D eigenvalue weighted by atomic mass is 16.3. The maximum Gasteiger partial charge on any atom is 0.153 e. The Morgan fingerprint density at radius 1 is 0.632 bits per heavy atom. The van der Waals surface area contributed by atoms with Gasteiger partial charge in [-0.05, 0) is 74.1 Å². The number of carbonyl (C=O) groups is 2. The molecule has 0 aromatic heterocycles. The monoisotopic (exact) mass is 524 g/mol. The minimum absolute atomic E-state index is 0.0854. The van der Waals surface area contributed by atoms with E-state index in [0.29, 0.717) is 24.2 Å². The van der Waals surface area contributed by atoms with Crippen molar-refractivity contribution in [1.29, 1.82) is 0 Å². The van der Waals surface area contributed by atoms with E-state index in [9.17, 15) is 19.8 Å². The van der Waals surface area contributed by atoms with E-state index < -0.39 is 0 Å². The highest BCUT2D eigenvalue weighted by Crippen LogP contribution is 2.32. The second kappa shape index (κ2) is 13.4. The lowest BCUT2D eigenvalue weighted by molar-refractivity contribution is 0.111. The molecule has 210 valence electrons. The van der Waals surface area contributed by atoms with E-state index in [0.717, 1.165) is 73.6 Å². The second-order valence-corrected chi connectivity index (χ2v) is 12.8. The van der Waals surface area contributed by atoms with Crippen LogP contribution in [0.15, 0.2) is 24.3 Å². The Balaban J connectivity index is 1.82. The number of aldehydes is 2. The Bertz CT molecular complexity index is 1010. The fourth-order valence-corrected chi connectivity index (χ4v) is 4.58. The Morgan fingerprint density at radius 3 is 1.26 bits per heavy atom. The molecule has 2 rings (SSSR count). The van der Waals surface area contributed by atoms with Crippen LogP contribution in [0.2, 0.25) is 0 Å². The molecule has 2 aromatic rings. The standard InChI is InChI=1S/C32H48N2O4/c1-31(2,3)27-15-23(29(37)25(17-27)21-35)19-33(7)13-11-9-10-12-14-34(8)20-24-16-28(32(4,5)6)18-26(22-36)30(24)38/h15-18,21-22,37-38H,9-14,19-20H2,1-8H3. The number of phenolic OH excluding ortho intramolecular Hbond substituents is 2. The maximum atomic E-state index is 11.5. The molecule has 0 aliphatic heterocycles. The summed E-state index contributed by atoms with van der Waals surface area (Å²) in [6.07, 6.45) is 5.77. The minimum Gasteiger partial charge on any atom is -0.507 e. The number of hydrogen-bond donors (Lipinski definition) is 2. The number of carbonyl (C=O) groups excluding carboxylic acids is 2. The number of phenols is 2. The van der Waals surface area contributed by atoms with Crippen molar-refractivity contribution in [3.05, 3.63) is 57.6 Å². The first-order valence-corrected chi connectivity index (χ1v) is 13.7. The average Bonchev–Trinajstić information content (AvgIpc) is 2.82. The first-order chi connectivity index (χ1) is 17.7. The van der Waals surface area contributed by atoms with Gasteiger partial charge in [-0.3, -0.25) is 9.59 Å². The van der Waals surface area contributed by atoms with Crippen LogP contribution >= 0.6 is 0 Å². The predicted octanol–water partition coefficient (Wildman–Crippen LogP) is 6.44. The van der Waals surface area contributed by atoms with Gasteiger partial charge in [0.2, 0.25) is 0 Å². The summed E-state index contributed by atoms with van der Waals surface area (Å²) < 4.78 is 0. The molecule has 0 bridgehead atoms. The number of rotatable bonds is 13. The van der Waals surface area contributed by atoms with Gasteiger partial charge in [0, 0.05) is 24.2 Å². The zero-order valence-electron chi connectivity index (χ0n) is 24.7. The molecule has 0 aliphatic carbocycles. The van der Waals surface area contributed by atoms with Crippen LogP contribution in [0.25, 0.3) is 0 Å². The van der Waals surface area contributed by atoms with Crippen molar-refractivity contribution in [2.75, 3.05) is 27.2 Å². The summed E-state index contributed by atoms with van der Waals surface area (Å²) in [5.41, 5.74) is 4.18. The number of unbranched alkanes of at least 4 members (excludes halogenated alkanes) is 3. The lowest BCUT2D eigenvalue weighted by Gasteiger charge is -2.24. The van der Waals surface area contributed by atoms with Gasteiger partial charge in [0.05, 0.1) is 11.1 Å². The summed E-state index contributed by atoms with van der Waals surface area (Å²) in [6, 6.07) is 7.60. The van der Waals surface area contributed by atoms with Crippen LogP contribution in [0.3, 0.4) is 0 Å². The lowest BCUT2D eigenvalue weighted by Crippen LogP contribution is -2.21. The van der Waals surface area contributed by atoms with Crippen LogP contribution in [0.1, 0.15) is 110 Å². The third-order valence-corrected chi connectivity index (χ3v) is 7.13. The SMILES string of the molecule is CN(CCCCCCN(C)Cc1cc(C(C)(C)C)cc(C=O)c1O)Cc1cc(C(C)(C)C)cc(C=O)c1O. The summed E-state index contributed by atoms with van der Waals surface area (Å²) in [7, 11) is 4.09. The third-order valence-electron chi connectivity index (χ3n) is 7.13. The van der Waals surface area contributed by atoms with Crippen molar-refractivity contribution < 1.29 is 19.8 Å². The van der Waals surface area contributed by atoms with Gasteiger partial charge in [0.25, 0.3) is 0 Å². The zero-order valence-corrected chi connectivity index (χ0v) is 24.7. The largest absolute Gasteiger partial charge is 0.507 e. The predicted molar refractivity (Wildman–Crippen MR) is 156 cm³/mol. The Kier molecular flexibility index (Phi) is 11.1. The fraction of sp³-hybridized carbons (Fsp3) is 0.562. The molecule has 0 aliphatic rings. The molecule has 0 saturated heterocycles. The van der Waals surface area contributed by atoms with Crippen LogP contribution in [-0.4, -0.2) is 59.8 Å². The van der Waals surface area contributed by atoms with Crippen molar-refractivity contribution in [3.8, 4) is 11.5 Å². The van der Waals surface area contributed by atoms with Gasteiger partial charge in [-0.1, -0.05) is 66.5 Å². The molecule has 6 heteroatoms. The van der Waals surface area contributed by atoms with Crippen molar-refractivity contribution in [2.45, 2.75) is 91.1 Å². The summed E-state index contributed by atoms with van der Waals surface area (Å²) >= 11 is 0. The van der Waals surface area contributed by atoms with Crippen molar-refractivity contribution >= 4 is 12.6 Å². The van der Waals surface area contributed by atoms with E-state index >= 15 is 0 Å². The third kappa shape index (κ3) is 8.95. The normalized spacial score (nSPS) is 12.4. The molecule has 0 spiro atoms. The van der Waals surface area contributed by atoms with Crippen LogP contribution in [0.5, 0.6) is 11.5 Å². The topological polar surface area (TPSA) is 81.1 Å². The van der Waals surface area contributed by atoms with E-state index in [-0.39, 0.29) is 22.3 Å². The van der Waals surface area contributed by atoms with Crippen LogP contribution < -0.4 is 0 Å². The first kappa shape index (κ1) is 31.5. The number of aromatic hydroxyl groups is 2. The zero-order chi connectivity index (χ0) is 28.7. The van der Waals surface area contributed by atoms with Gasteiger partial charge in [0.1, 0.15) is 11.5 Å². The molecule has 6 nitrogen and oxygen atoms in total. The highest BCUT2D eigenvalue weighted by Gasteiger charge is 2.20. The van der Waals surface area contributed by atoms with Gasteiger partial charge in [-0.25, -0.2) is 0 Å². The minimum atomic E-state index is -0.100. The Hall–Kier alpha value is -2.70. The first-order valence-electron chi connectivity index (χ1n) is 13.7. The molecule has 38 heavy (non-hydrogen) atoms. The summed E-state index contributed by atoms with van der Waals surface area (Å²) in [6.45, 7) is 15.6. The fourth-order valence-electron chi connectivity index (χ4n) is 4.58. The van der Waals surface area contributed by atoms with Crippen LogP contribution in [-0.2, 0) is 23.9 Å². The van der Waals surface area contributed by atoms with Gasteiger partial charge >= 0.3 is 0 Å². The molecular formula is C32H48N2O4. The Morgan fingerprint density at radius 2 is 0.974 bits per heavy atom. The van der Waals surface area contributed by atoms with E-state index in [1.165, 1.54) is 0 Å². The smallest absolute Gasteiger partial charge is 0.153 e. The molecule has 0 heterocycles. The molecule has 2 aromatic carbocycles. The molecular weight excluding hydrogens is 476 g/mol. The van der Waals surface area contributed by atoms with Crippen molar-refractivity contribution in [3.63, 3.8) is 0 Å². The van der Waals surface area contributed by atoms with E-state index in [1.54, 1.807) is 12.1 Å². The van der Waals surface area contributed by atoms with Gasteiger partial charge in [-0.15, -0.1) is 0 Å². The van der Waals surface area contributed by atoms with E-state index in [4.69, 9.17) is 0 Å². The van der Waals surface area contributed by atoms with Gasteiger partial charge < -0.3 is 20.0 Å². The highest BCUT2D eigenvalue weighted by molar-refractivity contribution is 5.81. The summed E-state index contributed by atoms with van der Waals surface area (Å²) in [5.74, 6) is 0.171. The van der Waals surface area contributed by atoms with E-state index in [1.807, 2.05) is 26.2 Å². The average molecular weight is 525 g/mol. The van der Waals surface area contributed by atoms with Crippen LogP contribution in [0, 0.1) is 0 Å². The summed E-state index contributed by atoms with van der Waals surface area (Å²) in [4.78, 5) is 27.3. The van der Waals surface area contributed by atoms with Crippen molar-refractivity contribution in [1.82, 2.24) is 9.80 Å². The number of nitrogens with zero attached hydrogens (tertiary/aromatic N) is 2. The molecule has 0 saturated carbocycles. The van der Waals surface area contributed by atoms with Gasteiger partial charge in [0.15, 0.2) is 12.6 Å². The molecule has 2 N–H and O–H groups in total. The van der Waals surface area contributed by atoms with Gasteiger partial charge in [-0.2, -0.15) is 0 Å². The number of hydrogen-bond acceptors (Lipinski definition) is 6. The molecule has 0 amide bonds. The Labute approximate surface area is 229 Å². The molecule has 0 atom stereocenters. The molecule has 0 radical (unpaired) electrons.